The van der Waals surface area contributed by atoms with Crippen LogP contribution in [0.2, 0.25) is 0 Å². The van der Waals surface area contributed by atoms with Crippen LogP contribution in [0.1, 0.15) is 31.2 Å². The highest BCUT2D eigenvalue weighted by Gasteiger charge is 2.23. The maximum Gasteiger partial charge on any atom is 0.0512 e. The predicted molar refractivity (Wildman–Crippen MR) is 66.5 cm³/mol. The summed E-state index contributed by atoms with van der Waals surface area (Å²) in [5, 5.41) is 9.50. The van der Waals surface area contributed by atoms with Crippen molar-refractivity contribution >= 4 is 0 Å². The number of likely N-dealkylation sites (tertiary alicyclic amines) is 1. The second-order valence-corrected chi connectivity index (χ2v) is 4.78. The molecule has 0 radical (unpaired) electrons. The van der Waals surface area contributed by atoms with Crippen LogP contribution in [0.25, 0.3) is 0 Å². The molecule has 2 heteroatoms. The number of rotatable bonds is 4. The molecule has 2 atom stereocenters. The van der Waals surface area contributed by atoms with Crippen molar-refractivity contribution in [2.45, 2.75) is 31.7 Å². The zero-order chi connectivity index (χ0) is 11.4. The molecule has 1 fully saturated rings. The summed E-state index contributed by atoms with van der Waals surface area (Å²) in [5.74, 6) is 0.266. The van der Waals surface area contributed by atoms with Crippen molar-refractivity contribution in [3.63, 3.8) is 0 Å². The molecule has 0 saturated carbocycles. The van der Waals surface area contributed by atoms with Crippen LogP contribution in [0.15, 0.2) is 30.3 Å². The van der Waals surface area contributed by atoms with Crippen molar-refractivity contribution in [1.29, 1.82) is 0 Å². The van der Waals surface area contributed by atoms with Gasteiger partial charge in [0.15, 0.2) is 0 Å². The van der Waals surface area contributed by atoms with Crippen LogP contribution >= 0.6 is 0 Å². The van der Waals surface area contributed by atoms with Gasteiger partial charge in [-0.1, -0.05) is 30.3 Å². The van der Waals surface area contributed by atoms with Crippen LogP contribution in [-0.4, -0.2) is 35.7 Å². The molecule has 0 spiro atoms. The van der Waals surface area contributed by atoms with Crippen molar-refractivity contribution in [1.82, 2.24) is 4.90 Å². The van der Waals surface area contributed by atoms with E-state index in [-0.39, 0.29) is 12.5 Å². The second-order valence-electron chi connectivity index (χ2n) is 4.78. The zero-order valence-corrected chi connectivity index (χ0v) is 9.97. The summed E-state index contributed by atoms with van der Waals surface area (Å²) in [4.78, 5) is 2.49. The summed E-state index contributed by atoms with van der Waals surface area (Å²) in [6.07, 6.45) is 2.60. The Labute approximate surface area is 97.9 Å². The van der Waals surface area contributed by atoms with E-state index in [4.69, 9.17) is 0 Å². The Morgan fingerprint density at radius 2 is 2.12 bits per heavy atom. The number of hydrogen-bond acceptors (Lipinski definition) is 2. The summed E-state index contributed by atoms with van der Waals surface area (Å²) in [6, 6.07) is 11.0. The zero-order valence-electron chi connectivity index (χ0n) is 9.97. The van der Waals surface area contributed by atoms with E-state index in [0.29, 0.717) is 6.04 Å². The molecule has 1 aliphatic heterocycles. The fourth-order valence-electron chi connectivity index (χ4n) is 2.54. The number of nitrogens with zero attached hydrogens (tertiary/aromatic N) is 1. The molecule has 0 unspecified atom stereocenters. The molecule has 1 aliphatic rings. The Kier molecular flexibility index (Phi) is 3.97. The van der Waals surface area contributed by atoms with Crippen molar-refractivity contribution in [3.8, 4) is 0 Å². The third kappa shape index (κ3) is 2.63. The molecular weight excluding hydrogens is 198 g/mol. The summed E-state index contributed by atoms with van der Waals surface area (Å²) in [7, 11) is 0. The lowest BCUT2D eigenvalue weighted by atomic mass is 9.99. The maximum atomic E-state index is 9.50. The first-order chi connectivity index (χ1) is 7.81. The van der Waals surface area contributed by atoms with Gasteiger partial charge in [0, 0.05) is 18.5 Å². The topological polar surface area (TPSA) is 23.5 Å². The summed E-state index contributed by atoms with van der Waals surface area (Å²) >= 11 is 0. The van der Waals surface area contributed by atoms with E-state index in [1.807, 2.05) is 18.2 Å². The lowest BCUT2D eigenvalue weighted by Crippen LogP contribution is -2.32. The number of aliphatic hydroxyl groups is 1. The number of hydrogen-bond donors (Lipinski definition) is 1. The van der Waals surface area contributed by atoms with Crippen LogP contribution < -0.4 is 0 Å². The number of aliphatic hydroxyl groups excluding tert-OH is 1. The highest BCUT2D eigenvalue weighted by molar-refractivity contribution is 5.20. The second kappa shape index (κ2) is 5.46. The van der Waals surface area contributed by atoms with Crippen LogP contribution in [0.5, 0.6) is 0 Å². The first kappa shape index (κ1) is 11.6. The van der Waals surface area contributed by atoms with Gasteiger partial charge in [0.1, 0.15) is 0 Å². The fraction of sp³-hybridized carbons (Fsp3) is 0.571. The van der Waals surface area contributed by atoms with Gasteiger partial charge in [-0.15, -0.1) is 0 Å². The van der Waals surface area contributed by atoms with Gasteiger partial charge in [0.2, 0.25) is 0 Å². The fourth-order valence-corrected chi connectivity index (χ4v) is 2.54. The van der Waals surface area contributed by atoms with Gasteiger partial charge in [0.25, 0.3) is 0 Å². The van der Waals surface area contributed by atoms with E-state index >= 15 is 0 Å². The molecule has 0 bridgehead atoms. The molecular formula is C14H21NO. The summed E-state index contributed by atoms with van der Waals surface area (Å²) in [6.45, 7) is 4.70. The van der Waals surface area contributed by atoms with E-state index in [1.165, 1.54) is 24.9 Å². The van der Waals surface area contributed by atoms with Gasteiger partial charge in [-0.3, -0.25) is 4.90 Å². The molecule has 2 rings (SSSR count). The highest BCUT2D eigenvalue weighted by Crippen LogP contribution is 2.22. The van der Waals surface area contributed by atoms with Gasteiger partial charge in [-0.05, 0) is 31.9 Å². The predicted octanol–water partition coefficient (Wildman–Crippen LogP) is 2.25. The standard InChI is InChI=1S/C14H21NO/c1-12-6-5-9-15(12)10-14(11-16)13-7-3-2-4-8-13/h2-4,7-8,12,14,16H,5-6,9-11H2,1H3/t12-,14+/m1/s1. The normalized spacial score (nSPS) is 23.5. The molecule has 0 amide bonds. The van der Waals surface area contributed by atoms with E-state index in [0.717, 1.165) is 6.54 Å². The van der Waals surface area contributed by atoms with Crippen molar-refractivity contribution in [2.24, 2.45) is 0 Å². The third-order valence-corrected chi connectivity index (χ3v) is 3.64. The molecule has 1 aromatic rings. The van der Waals surface area contributed by atoms with Gasteiger partial charge in [0.05, 0.1) is 6.61 Å². The summed E-state index contributed by atoms with van der Waals surface area (Å²) in [5.41, 5.74) is 1.25. The monoisotopic (exact) mass is 219 g/mol. The lowest BCUT2D eigenvalue weighted by Gasteiger charge is -2.26. The molecule has 88 valence electrons. The maximum absolute atomic E-state index is 9.50. The Balaban J connectivity index is 2.00. The first-order valence-electron chi connectivity index (χ1n) is 6.21. The lowest BCUT2D eigenvalue weighted by molar-refractivity contribution is 0.196. The Morgan fingerprint density at radius 3 is 2.69 bits per heavy atom. The van der Waals surface area contributed by atoms with E-state index < -0.39 is 0 Å². The Hall–Kier alpha value is -0.860. The first-order valence-corrected chi connectivity index (χ1v) is 6.21. The third-order valence-electron chi connectivity index (χ3n) is 3.64. The minimum absolute atomic E-state index is 0.243. The Morgan fingerprint density at radius 1 is 1.38 bits per heavy atom. The van der Waals surface area contributed by atoms with Crippen LogP contribution in [0, 0.1) is 0 Å². The molecule has 1 aromatic carbocycles. The van der Waals surface area contributed by atoms with Crippen LogP contribution in [-0.2, 0) is 0 Å². The molecule has 2 nitrogen and oxygen atoms in total. The summed E-state index contributed by atoms with van der Waals surface area (Å²) < 4.78 is 0. The highest BCUT2D eigenvalue weighted by atomic mass is 16.3. The molecule has 1 saturated heterocycles. The van der Waals surface area contributed by atoms with Crippen molar-refractivity contribution in [3.05, 3.63) is 35.9 Å². The number of benzene rings is 1. The quantitative estimate of drug-likeness (QED) is 0.839. The average Bonchev–Trinajstić information content (AvgIpc) is 2.73. The molecule has 16 heavy (non-hydrogen) atoms. The molecule has 0 aromatic heterocycles. The van der Waals surface area contributed by atoms with Crippen LogP contribution in [0.3, 0.4) is 0 Å². The van der Waals surface area contributed by atoms with Gasteiger partial charge in [-0.25, -0.2) is 0 Å². The molecule has 1 heterocycles. The minimum atomic E-state index is 0.243. The van der Waals surface area contributed by atoms with Crippen molar-refractivity contribution in [2.75, 3.05) is 19.7 Å². The van der Waals surface area contributed by atoms with Gasteiger partial charge < -0.3 is 5.11 Å². The molecule has 0 aliphatic carbocycles. The van der Waals surface area contributed by atoms with Gasteiger partial charge >= 0.3 is 0 Å². The average molecular weight is 219 g/mol. The van der Waals surface area contributed by atoms with E-state index in [1.54, 1.807) is 0 Å². The minimum Gasteiger partial charge on any atom is -0.396 e. The SMILES string of the molecule is C[C@@H]1CCCN1C[C@@H](CO)c1ccccc1. The van der Waals surface area contributed by atoms with E-state index in [9.17, 15) is 5.11 Å². The smallest absolute Gasteiger partial charge is 0.0512 e. The molecule has 1 N–H and O–H groups in total. The van der Waals surface area contributed by atoms with Crippen molar-refractivity contribution < 1.29 is 5.11 Å². The largest absolute Gasteiger partial charge is 0.396 e. The van der Waals surface area contributed by atoms with Gasteiger partial charge in [-0.2, -0.15) is 0 Å². The Bertz CT molecular complexity index is 312. The van der Waals surface area contributed by atoms with Crippen LogP contribution in [0.4, 0.5) is 0 Å². The van der Waals surface area contributed by atoms with E-state index in [2.05, 4.69) is 24.0 Å².